The van der Waals surface area contributed by atoms with Crippen molar-refractivity contribution < 1.29 is 26.3 Å². The minimum absolute atomic E-state index is 0.0444. The van der Waals surface area contributed by atoms with Crippen LogP contribution in [0, 0.1) is 18.3 Å². The van der Waals surface area contributed by atoms with E-state index in [0.29, 0.717) is 5.56 Å². The van der Waals surface area contributed by atoms with Crippen molar-refractivity contribution in [2.24, 2.45) is 0 Å². The van der Waals surface area contributed by atoms with Crippen molar-refractivity contribution in [2.75, 3.05) is 5.32 Å². The van der Waals surface area contributed by atoms with Gasteiger partial charge in [-0.1, -0.05) is 0 Å². The van der Waals surface area contributed by atoms with Crippen molar-refractivity contribution in [1.29, 1.82) is 5.26 Å². The number of hydrogen-bond donors (Lipinski definition) is 3. The van der Waals surface area contributed by atoms with Crippen molar-refractivity contribution in [3.63, 3.8) is 0 Å². The van der Waals surface area contributed by atoms with E-state index >= 15 is 0 Å². The molecule has 0 bridgehead atoms. The van der Waals surface area contributed by atoms with Crippen molar-refractivity contribution in [3.8, 4) is 11.8 Å². The molecule has 1 amide bonds. The van der Waals surface area contributed by atoms with Crippen LogP contribution in [0.4, 0.5) is 5.69 Å². The molecular weight excluding hydrogens is 403 g/mol. The van der Waals surface area contributed by atoms with Gasteiger partial charge in [0.2, 0.25) is 0 Å². The Morgan fingerprint density at radius 3 is 2.54 bits per heavy atom. The van der Waals surface area contributed by atoms with Gasteiger partial charge in [0.05, 0.1) is 0 Å². The molecule has 0 saturated carbocycles. The normalized spacial score (nSPS) is 12.5. The summed E-state index contributed by atoms with van der Waals surface area (Å²) >= 11 is -5.41. The fraction of sp³-hybridized carbons (Fsp3) is 0.118. The Hall–Kier alpha value is -3.01. The van der Waals surface area contributed by atoms with Crippen LogP contribution in [-0.2, 0) is 12.3 Å². The Morgan fingerprint density at radius 1 is 1.23 bits per heavy atom. The summed E-state index contributed by atoms with van der Waals surface area (Å²) in [6.45, 7) is 2.85. The molecule has 0 aliphatic rings. The fourth-order valence-corrected chi connectivity index (χ4v) is 4.58. The Bertz CT molecular complexity index is 980. The van der Waals surface area contributed by atoms with Crippen molar-refractivity contribution in [2.45, 2.75) is 13.8 Å². The van der Waals surface area contributed by atoms with E-state index < -0.39 is 26.0 Å². The van der Waals surface area contributed by atoms with E-state index in [2.05, 4.69) is 5.32 Å². The van der Waals surface area contributed by atoms with Crippen LogP contribution < -0.4 is 9.67 Å². The van der Waals surface area contributed by atoms with Gasteiger partial charge in [-0.15, -0.1) is 0 Å². The number of rotatable bonds is 4. The third-order valence-corrected chi connectivity index (χ3v) is 6.21. The molecule has 0 radical (unpaired) electrons. The van der Waals surface area contributed by atoms with Gasteiger partial charge < -0.3 is 0 Å². The molecule has 2 aromatic rings. The van der Waals surface area contributed by atoms with E-state index in [1.807, 2.05) is 6.07 Å². The number of phenolic OH excluding ortho intramolecular Hbond substituents is 1. The second-order valence-corrected chi connectivity index (χ2v) is 9.06. The topological polar surface area (TPSA) is 137 Å². The van der Waals surface area contributed by atoms with E-state index in [4.69, 9.17) is 8.99 Å². The summed E-state index contributed by atoms with van der Waals surface area (Å²) in [6.07, 6.45) is 0. The fourth-order valence-electron chi connectivity index (χ4n) is 2.24. The van der Waals surface area contributed by atoms with Gasteiger partial charge in [-0.05, 0) is 0 Å². The van der Waals surface area contributed by atoms with Crippen LogP contribution in [-0.4, -0.2) is 35.3 Å². The second kappa shape index (κ2) is 7.48. The molecule has 0 aliphatic carbocycles. The van der Waals surface area contributed by atoms with Crippen LogP contribution in [0.2, 0.25) is 0 Å². The number of phenols is 1. The Morgan fingerprint density at radius 2 is 1.92 bits per heavy atom. The van der Waals surface area contributed by atoms with Gasteiger partial charge >= 0.3 is 152 Å². The number of aryl methyl sites for hydroxylation is 1. The molecule has 1 unspecified atom stereocenters. The summed E-state index contributed by atoms with van der Waals surface area (Å²) in [5.74, 6) is -1.84. The van der Waals surface area contributed by atoms with Gasteiger partial charge in [0, 0.05) is 0 Å². The number of benzene rings is 2. The zero-order valence-corrected chi connectivity index (χ0v) is 15.8. The number of nitrogens with one attached hydrogen (secondary N) is 1. The van der Waals surface area contributed by atoms with Gasteiger partial charge in [-0.3, -0.25) is 0 Å². The van der Waals surface area contributed by atoms with Crippen LogP contribution in [0.3, 0.4) is 0 Å². The van der Waals surface area contributed by atoms with Gasteiger partial charge in [-0.2, -0.15) is 0 Å². The second-order valence-electron chi connectivity index (χ2n) is 5.48. The van der Waals surface area contributed by atoms with E-state index in [1.54, 1.807) is 13.0 Å². The zero-order chi connectivity index (χ0) is 19.5. The van der Waals surface area contributed by atoms with Crippen LogP contribution >= 0.6 is 0 Å². The minimum atomic E-state index is -5.41. The quantitative estimate of drug-likeness (QED) is 0.629. The maximum absolute atomic E-state index is 12.6. The number of nitrogens with zero attached hydrogens (tertiary/aromatic N) is 1. The molecule has 2 aromatic carbocycles. The van der Waals surface area contributed by atoms with E-state index in [-0.39, 0.29) is 26.9 Å². The number of anilines is 1. The molecule has 26 heavy (non-hydrogen) atoms. The molecule has 3 N–H and O–H groups in total. The summed E-state index contributed by atoms with van der Waals surface area (Å²) in [4.78, 5) is 23.5. The van der Waals surface area contributed by atoms with Crippen molar-refractivity contribution in [1.82, 2.24) is 0 Å². The number of hydrogen-bond acceptors (Lipinski definition) is 6. The molecule has 0 aromatic heterocycles. The van der Waals surface area contributed by atoms with Gasteiger partial charge in [0.15, 0.2) is 0 Å². The van der Waals surface area contributed by atoms with Gasteiger partial charge in [0.25, 0.3) is 0 Å². The first kappa shape index (κ1) is 19.3. The standard InChI is InChI=1S/C17H15AsN2O6/c1-10-5-12(9-19)7-13(6-10)17(23)26-18(24,25)15-4-3-14(22)8-16(15)20-11(2)21/h3-8,22H,1-2H3,(H,20,21)(H,24,25). The Kier molecular flexibility index (Phi) is 5.56. The number of carbonyl (C=O) groups excluding carboxylic acids is 2. The first-order valence-electron chi connectivity index (χ1n) is 7.32. The number of amides is 1. The molecule has 1 atom stereocenters. The third-order valence-electron chi connectivity index (χ3n) is 3.24. The average molecular weight is 418 g/mol. The summed E-state index contributed by atoms with van der Waals surface area (Å²) in [5.41, 5.74) is 0.648. The Balaban J connectivity index is 2.39. The summed E-state index contributed by atoms with van der Waals surface area (Å²) < 4.78 is 27.4. The molecule has 0 saturated heterocycles. The van der Waals surface area contributed by atoms with Crippen LogP contribution in [0.1, 0.15) is 28.4 Å². The van der Waals surface area contributed by atoms with E-state index in [0.717, 1.165) is 18.2 Å². The number of nitriles is 1. The predicted octanol–water partition coefficient (Wildman–Crippen LogP) is 0.956. The predicted molar refractivity (Wildman–Crippen MR) is 92.0 cm³/mol. The molecular formula is C17H15AsN2O6. The molecule has 134 valence electrons. The average Bonchev–Trinajstić information content (AvgIpc) is 2.52. The van der Waals surface area contributed by atoms with Crippen molar-refractivity contribution in [3.05, 3.63) is 53.1 Å². The van der Waals surface area contributed by atoms with Crippen LogP contribution in [0.15, 0.2) is 36.4 Å². The van der Waals surface area contributed by atoms with Crippen LogP contribution in [0.25, 0.3) is 0 Å². The molecule has 0 heterocycles. The summed E-state index contributed by atoms with van der Waals surface area (Å²) in [5, 5.41) is 20.8. The van der Waals surface area contributed by atoms with E-state index in [1.165, 1.54) is 19.1 Å². The maximum atomic E-state index is 12.6. The van der Waals surface area contributed by atoms with Crippen molar-refractivity contribution >= 4 is 36.1 Å². The summed E-state index contributed by atoms with van der Waals surface area (Å²) in [7, 11) is 0. The van der Waals surface area contributed by atoms with Crippen LogP contribution in [0.5, 0.6) is 5.75 Å². The summed E-state index contributed by atoms with van der Waals surface area (Å²) in [6, 6.07) is 9.42. The SMILES string of the molecule is CC(=O)Nc1cc(O)ccc1[As](=O)(O)OC(=O)c1cc(C)cc(C#N)c1. The first-order chi connectivity index (χ1) is 12.1. The molecule has 8 nitrogen and oxygen atoms in total. The number of carbonyl (C=O) groups is 2. The van der Waals surface area contributed by atoms with Gasteiger partial charge in [0.1, 0.15) is 0 Å². The molecule has 0 spiro atoms. The molecule has 9 heteroatoms. The first-order valence-corrected chi connectivity index (χ1v) is 10.6. The van der Waals surface area contributed by atoms with Gasteiger partial charge in [-0.25, -0.2) is 0 Å². The van der Waals surface area contributed by atoms with E-state index in [9.17, 15) is 22.5 Å². The molecule has 0 fully saturated rings. The molecule has 0 aliphatic heterocycles. The Labute approximate surface area is 152 Å². The third kappa shape index (κ3) is 4.54. The monoisotopic (exact) mass is 418 g/mol. The molecule has 2 rings (SSSR count). The zero-order valence-electron chi connectivity index (χ0n) is 13.9. The number of aromatic hydroxyl groups is 1.